The molecule has 4 rings (SSSR count). The molecule has 0 bridgehead atoms. The van der Waals surface area contributed by atoms with Crippen molar-refractivity contribution in [2.45, 2.75) is 19.9 Å². The Bertz CT molecular complexity index is 1150. The molecular formula is C25H23N3O. The Labute approximate surface area is 170 Å². The zero-order valence-corrected chi connectivity index (χ0v) is 16.5. The van der Waals surface area contributed by atoms with E-state index in [0.717, 1.165) is 28.1 Å². The molecule has 4 heteroatoms. The number of carbonyl (C=O) groups excluding carboxylic acids is 1. The first-order valence-electron chi connectivity index (χ1n) is 9.68. The number of hydrogen-bond acceptors (Lipinski definition) is 2. The van der Waals surface area contributed by atoms with Crippen molar-refractivity contribution in [1.82, 2.24) is 10.3 Å². The van der Waals surface area contributed by atoms with Crippen molar-refractivity contribution in [2.24, 2.45) is 0 Å². The van der Waals surface area contributed by atoms with E-state index in [1.165, 1.54) is 10.8 Å². The summed E-state index contributed by atoms with van der Waals surface area (Å²) in [6.07, 6.45) is 1.80. The van der Waals surface area contributed by atoms with Gasteiger partial charge in [0, 0.05) is 17.6 Å². The number of benzene rings is 3. The van der Waals surface area contributed by atoms with Gasteiger partial charge in [-0.3, -0.25) is 4.98 Å². The normalized spacial score (nSPS) is 11.8. The lowest BCUT2D eigenvalue weighted by molar-refractivity contribution is 0.249. The summed E-state index contributed by atoms with van der Waals surface area (Å²) in [5, 5.41) is 8.27. The van der Waals surface area contributed by atoms with Crippen LogP contribution in [0.4, 0.5) is 10.5 Å². The molecule has 0 saturated carbocycles. The first kappa shape index (κ1) is 18.7. The van der Waals surface area contributed by atoms with Crippen LogP contribution < -0.4 is 10.6 Å². The fourth-order valence-electron chi connectivity index (χ4n) is 3.40. The number of aromatic nitrogens is 1. The van der Waals surface area contributed by atoms with Crippen LogP contribution in [0.1, 0.15) is 24.2 Å². The lowest BCUT2D eigenvalue weighted by atomic mass is 10.0. The highest BCUT2D eigenvalue weighted by Gasteiger charge is 2.10. The van der Waals surface area contributed by atoms with Gasteiger partial charge in [0.05, 0.1) is 6.04 Å². The summed E-state index contributed by atoms with van der Waals surface area (Å²) in [4.78, 5) is 16.7. The van der Waals surface area contributed by atoms with Crippen molar-refractivity contribution in [2.75, 3.05) is 5.32 Å². The molecule has 2 N–H and O–H groups in total. The van der Waals surface area contributed by atoms with Gasteiger partial charge in [-0.25, -0.2) is 4.79 Å². The highest BCUT2D eigenvalue weighted by molar-refractivity contribution is 5.90. The molecule has 0 saturated heterocycles. The number of rotatable bonds is 4. The van der Waals surface area contributed by atoms with Crippen molar-refractivity contribution in [3.63, 3.8) is 0 Å². The second-order valence-electron chi connectivity index (χ2n) is 7.19. The predicted molar refractivity (Wildman–Crippen MR) is 119 cm³/mol. The summed E-state index contributed by atoms with van der Waals surface area (Å²) >= 11 is 0. The Morgan fingerprint density at radius 3 is 2.38 bits per heavy atom. The fourth-order valence-corrected chi connectivity index (χ4v) is 3.40. The Hall–Kier alpha value is -3.66. The number of urea groups is 1. The van der Waals surface area contributed by atoms with Gasteiger partial charge in [0.15, 0.2) is 0 Å². The Morgan fingerprint density at radius 2 is 1.62 bits per heavy atom. The minimum absolute atomic E-state index is 0.0985. The highest BCUT2D eigenvalue weighted by Crippen LogP contribution is 2.22. The lowest BCUT2D eigenvalue weighted by Gasteiger charge is -2.16. The third-order valence-electron chi connectivity index (χ3n) is 4.99. The van der Waals surface area contributed by atoms with Crippen LogP contribution in [-0.2, 0) is 0 Å². The number of nitrogens with zero attached hydrogens (tertiary/aromatic N) is 1. The molecule has 0 fully saturated rings. The number of amides is 2. The number of fused-ring (bicyclic) bond motifs is 1. The molecule has 0 spiro atoms. The van der Waals surface area contributed by atoms with Gasteiger partial charge in [-0.2, -0.15) is 0 Å². The van der Waals surface area contributed by atoms with Crippen molar-refractivity contribution in [1.29, 1.82) is 0 Å². The SMILES string of the molecule is Cc1cc(-c2ccc(NC(=O)NC(C)c3ccc4ccccc4c3)cc2)ccn1. The standard InChI is InChI=1S/C25H23N3O/c1-17-15-23(13-14-26-17)20-9-11-24(12-10-20)28-25(29)27-18(2)21-8-7-19-5-3-4-6-22(19)16-21/h3-16,18H,1-2H3,(H2,27,28,29). The van der Waals surface area contributed by atoms with Crippen LogP contribution in [0.3, 0.4) is 0 Å². The molecule has 4 aromatic rings. The van der Waals surface area contributed by atoms with Crippen LogP contribution in [0.2, 0.25) is 0 Å². The molecule has 2 amide bonds. The maximum atomic E-state index is 12.4. The van der Waals surface area contributed by atoms with Crippen molar-refractivity contribution in [3.05, 3.63) is 96.3 Å². The zero-order valence-electron chi connectivity index (χ0n) is 16.5. The van der Waals surface area contributed by atoms with Crippen LogP contribution in [0.5, 0.6) is 0 Å². The van der Waals surface area contributed by atoms with Gasteiger partial charge in [0.25, 0.3) is 0 Å². The van der Waals surface area contributed by atoms with Crippen LogP contribution in [0.15, 0.2) is 85.1 Å². The molecule has 4 nitrogen and oxygen atoms in total. The number of anilines is 1. The molecule has 1 unspecified atom stereocenters. The summed E-state index contributed by atoms with van der Waals surface area (Å²) in [5.41, 5.74) is 5.00. The number of hydrogen-bond donors (Lipinski definition) is 2. The molecular weight excluding hydrogens is 358 g/mol. The molecule has 0 radical (unpaired) electrons. The molecule has 0 aliphatic heterocycles. The minimum atomic E-state index is -0.224. The number of pyridine rings is 1. The quantitative estimate of drug-likeness (QED) is 0.449. The molecule has 144 valence electrons. The van der Waals surface area contributed by atoms with Crippen LogP contribution in [0.25, 0.3) is 21.9 Å². The van der Waals surface area contributed by atoms with Crippen molar-refractivity contribution in [3.8, 4) is 11.1 Å². The van der Waals surface area contributed by atoms with E-state index >= 15 is 0 Å². The van der Waals surface area contributed by atoms with Gasteiger partial charge in [-0.15, -0.1) is 0 Å². The Kier molecular flexibility index (Phi) is 5.25. The molecule has 1 atom stereocenters. The maximum Gasteiger partial charge on any atom is 0.319 e. The summed E-state index contributed by atoms with van der Waals surface area (Å²) in [7, 11) is 0. The van der Waals surface area contributed by atoms with Gasteiger partial charge >= 0.3 is 6.03 Å². The summed E-state index contributed by atoms with van der Waals surface area (Å²) in [6, 6.07) is 26.0. The summed E-state index contributed by atoms with van der Waals surface area (Å²) < 4.78 is 0. The predicted octanol–water partition coefficient (Wildman–Crippen LogP) is 6.09. The maximum absolute atomic E-state index is 12.4. The molecule has 0 aliphatic carbocycles. The second kappa shape index (κ2) is 8.15. The summed E-state index contributed by atoms with van der Waals surface area (Å²) in [5.74, 6) is 0. The van der Waals surface area contributed by atoms with Crippen LogP contribution >= 0.6 is 0 Å². The summed E-state index contributed by atoms with van der Waals surface area (Å²) in [6.45, 7) is 3.96. The van der Waals surface area contributed by atoms with Crippen LogP contribution in [0, 0.1) is 6.92 Å². The molecule has 29 heavy (non-hydrogen) atoms. The molecule has 1 aromatic heterocycles. The van der Waals surface area contributed by atoms with E-state index in [2.05, 4.69) is 45.9 Å². The first-order chi connectivity index (χ1) is 14.1. The van der Waals surface area contributed by atoms with E-state index < -0.39 is 0 Å². The van der Waals surface area contributed by atoms with Gasteiger partial charge < -0.3 is 10.6 Å². The molecule has 0 aliphatic rings. The zero-order chi connectivity index (χ0) is 20.2. The highest BCUT2D eigenvalue weighted by atomic mass is 16.2. The Morgan fingerprint density at radius 1 is 0.862 bits per heavy atom. The van der Waals surface area contributed by atoms with Gasteiger partial charge in [0.1, 0.15) is 0 Å². The van der Waals surface area contributed by atoms with Gasteiger partial charge in [-0.05, 0) is 71.6 Å². The Balaban J connectivity index is 1.41. The average Bonchev–Trinajstić information content (AvgIpc) is 2.74. The van der Waals surface area contributed by atoms with E-state index in [-0.39, 0.29) is 12.1 Å². The largest absolute Gasteiger partial charge is 0.331 e. The van der Waals surface area contributed by atoms with Crippen molar-refractivity contribution < 1.29 is 4.79 Å². The number of carbonyl (C=O) groups is 1. The van der Waals surface area contributed by atoms with Crippen LogP contribution in [-0.4, -0.2) is 11.0 Å². The average molecular weight is 381 g/mol. The second-order valence-corrected chi connectivity index (χ2v) is 7.19. The molecule has 3 aromatic carbocycles. The lowest BCUT2D eigenvalue weighted by Crippen LogP contribution is -2.31. The van der Waals surface area contributed by atoms with Gasteiger partial charge in [-0.1, -0.05) is 48.5 Å². The van der Waals surface area contributed by atoms with E-state index in [1.807, 2.05) is 62.4 Å². The van der Waals surface area contributed by atoms with Gasteiger partial charge in [0.2, 0.25) is 0 Å². The molecule has 1 heterocycles. The number of nitrogens with one attached hydrogen (secondary N) is 2. The smallest absolute Gasteiger partial charge is 0.319 e. The van der Waals surface area contributed by atoms with Crippen molar-refractivity contribution >= 4 is 22.5 Å². The monoisotopic (exact) mass is 381 g/mol. The third-order valence-corrected chi connectivity index (χ3v) is 4.99. The minimum Gasteiger partial charge on any atom is -0.331 e. The van der Waals surface area contributed by atoms with E-state index in [1.54, 1.807) is 6.20 Å². The number of aryl methyl sites for hydroxylation is 1. The first-order valence-corrected chi connectivity index (χ1v) is 9.68. The fraction of sp³-hybridized carbons (Fsp3) is 0.120. The van der Waals surface area contributed by atoms with E-state index in [0.29, 0.717) is 0 Å². The van der Waals surface area contributed by atoms with E-state index in [4.69, 9.17) is 0 Å². The topological polar surface area (TPSA) is 54.0 Å². The third kappa shape index (κ3) is 4.43. The van der Waals surface area contributed by atoms with E-state index in [9.17, 15) is 4.79 Å².